The van der Waals surface area contributed by atoms with E-state index in [1.54, 1.807) is 0 Å². The summed E-state index contributed by atoms with van der Waals surface area (Å²) in [4.78, 5) is 24.3. The topological polar surface area (TPSA) is 63.6 Å². The zero-order valence-electron chi connectivity index (χ0n) is 14.6. The van der Waals surface area contributed by atoms with E-state index in [4.69, 9.17) is 4.74 Å². The van der Waals surface area contributed by atoms with Gasteiger partial charge in [-0.1, -0.05) is 39.5 Å². The number of carbonyl (C=O) groups excluding carboxylic acids is 1. The van der Waals surface area contributed by atoms with Crippen LogP contribution in [0.1, 0.15) is 78.1 Å². The Labute approximate surface area is 140 Å². The first-order chi connectivity index (χ1) is 11.1. The van der Waals surface area contributed by atoms with Crippen LogP contribution < -0.4 is 0 Å². The van der Waals surface area contributed by atoms with Gasteiger partial charge >= 0.3 is 11.9 Å². The summed E-state index contributed by atoms with van der Waals surface area (Å²) in [6, 6.07) is 0. The molecular weight excluding hydrogens is 292 g/mol. The molecule has 2 saturated carbocycles. The third-order valence-electron chi connectivity index (χ3n) is 6.00. The molecule has 0 radical (unpaired) electrons. The third kappa shape index (κ3) is 4.48. The molecule has 1 N–H and O–H groups in total. The van der Waals surface area contributed by atoms with Crippen LogP contribution in [0, 0.1) is 23.7 Å². The zero-order chi connectivity index (χ0) is 16.8. The van der Waals surface area contributed by atoms with E-state index in [2.05, 4.69) is 0 Å². The number of esters is 1. The van der Waals surface area contributed by atoms with Gasteiger partial charge in [0.15, 0.2) is 0 Å². The van der Waals surface area contributed by atoms with Crippen molar-refractivity contribution >= 4 is 11.9 Å². The summed E-state index contributed by atoms with van der Waals surface area (Å²) in [7, 11) is 0. The van der Waals surface area contributed by atoms with E-state index in [-0.39, 0.29) is 35.7 Å². The largest absolute Gasteiger partial charge is 0.481 e. The van der Waals surface area contributed by atoms with E-state index in [9.17, 15) is 14.7 Å². The van der Waals surface area contributed by atoms with Gasteiger partial charge in [0, 0.05) is 0 Å². The minimum Gasteiger partial charge on any atom is -0.481 e. The van der Waals surface area contributed by atoms with Crippen LogP contribution >= 0.6 is 0 Å². The van der Waals surface area contributed by atoms with Gasteiger partial charge in [-0.15, -0.1) is 0 Å². The van der Waals surface area contributed by atoms with Crippen LogP contribution in [-0.2, 0) is 14.3 Å². The van der Waals surface area contributed by atoms with Crippen LogP contribution in [0.3, 0.4) is 0 Å². The van der Waals surface area contributed by atoms with Crippen molar-refractivity contribution in [3.05, 3.63) is 0 Å². The Kier molecular flexibility index (Phi) is 6.91. The van der Waals surface area contributed by atoms with Crippen LogP contribution in [0.5, 0.6) is 0 Å². The molecule has 2 rings (SSSR count). The summed E-state index contributed by atoms with van der Waals surface area (Å²) in [6.07, 6.45) is 9.55. The number of ether oxygens (including phenoxy) is 1. The third-order valence-corrected chi connectivity index (χ3v) is 6.00. The molecule has 4 nitrogen and oxygen atoms in total. The van der Waals surface area contributed by atoms with Crippen LogP contribution in [0.15, 0.2) is 0 Å². The molecule has 4 atom stereocenters. The molecule has 0 saturated heterocycles. The van der Waals surface area contributed by atoms with Crippen molar-refractivity contribution in [3.8, 4) is 0 Å². The SMILES string of the molecule is CCC(CC)OC(=O)C1CCCCC1C1CCCCC1C(=O)O. The highest BCUT2D eigenvalue weighted by Crippen LogP contribution is 2.45. The summed E-state index contributed by atoms with van der Waals surface area (Å²) in [5, 5.41) is 9.57. The highest BCUT2D eigenvalue weighted by Gasteiger charge is 2.43. The average molecular weight is 324 g/mol. The molecule has 0 spiro atoms. The Hall–Kier alpha value is -1.06. The van der Waals surface area contributed by atoms with E-state index < -0.39 is 5.97 Å². The first kappa shape index (κ1) is 18.3. The lowest BCUT2D eigenvalue weighted by atomic mass is 9.64. The predicted octanol–water partition coefficient (Wildman–Crippen LogP) is 4.42. The second-order valence-electron chi connectivity index (χ2n) is 7.32. The molecule has 23 heavy (non-hydrogen) atoms. The summed E-state index contributed by atoms with van der Waals surface area (Å²) < 4.78 is 5.72. The number of carboxylic acids is 1. The zero-order valence-corrected chi connectivity index (χ0v) is 14.6. The van der Waals surface area contributed by atoms with Gasteiger partial charge in [0.25, 0.3) is 0 Å². The van der Waals surface area contributed by atoms with Crippen molar-refractivity contribution in [2.24, 2.45) is 23.7 Å². The molecule has 0 aliphatic heterocycles. The van der Waals surface area contributed by atoms with E-state index in [0.717, 1.165) is 64.2 Å². The number of hydrogen-bond acceptors (Lipinski definition) is 3. The maximum Gasteiger partial charge on any atom is 0.309 e. The second kappa shape index (κ2) is 8.70. The summed E-state index contributed by atoms with van der Waals surface area (Å²) >= 11 is 0. The lowest BCUT2D eigenvalue weighted by Crippen LogP contribution is -2.40. The Balaban J connectivity index is 2.10. The van der Waals surface area contributed by atoms with E-state index >= 15 is 0 Å². The Morgan fingerprint density at radius 2 is 1.39 bits per heavy atom. The molecule has 0 aromatic heterocycles. The van der Waals surface area contributed by atoms with Crippen LogP contribution in [0.4, 0.5) is 0 Å². The van der Waals surface area contributed by atoms with E-state index in [0.29, 0.717) is 0 Å². The Morgan fingerprint density at radius 3 is 1.91 bits per heavy atom. The average Bonchev–Trinajstić information content (AvgIpc) is 2.59. The molecule has 4 heteroatoms. The predicted molar refractivity (Wildman–Crippen MR) is 89.0 cm³/mol. The van der Waals surface area contributed by atoms with Crippen molar-refractivity contribution in [3.63, 3.8) is 0 Å². The summed E-state index contributed by atoms with van der Waals surface area (Å²) in [5.41, 5.74) is 0. The van der Waals surface area contributed by atoms with E-state index in [1.165, 1.54) is 0 Å². The molecule has 132 valence electrons. The lowest BCUT2D eigenvalue weighted by Gasteiger charge is -2.41. The molecule has 4 unspecified atom stereocenters. The fourth-order valence-electron chi connectivity index (χ4n) is 4.65. The van der Waals surface area contributed by atoms with Crippen molar-refractivity contribution in [1.82, 2.24) is 0 Å². The fraction of sp³-hybridized carbons (Fsp3) is 0.895. The van der Waals surface area contributed by atoms with Gasteiger partial charge in [0.1, 0.15) is 6.10 Å². The molecule has 2 fully saturated rings. The van der Waals surface area contributed by atoms with Crippen molar-refractivity contribution < 1.29 is 19.4 Å². The van der Waals surface area contributed by atoms with Gasteiger partial charge in [-0.3, -0.25) is 9.59 Å². The Morgan fingerprint density at radius 1 is 0.913 bits per heavy atom. The number of carbonyl (C=O) groups is 2. The number of carboxylic acid groups (broad SMARTS) is 1. The van der Waals surface area contributed by atoms with Crippen LogP contribution in [-0.4, -0.2) is 23.1 Å². The molecule has 0 bridgehead atoms. The second-order valence-corrected chi connectivity index (χ2v) is 7.32. The summed E-state index contributed by atoms with van der Waals surface area (Å²) in [5.74, 6) is -0.747. The van der Waals surface area contributed by atoms with Gasteiger partial charge in [-0.25, -0.2) is 0 Å². The van der Waals surface area contributed by atoms with Gasteiger partial charge in [-0.2, -0.15) is 0 Å². The minimum atomic E-state index is -0.674. The first-order valence-corrected chi connectivity index (χ1v) is 9.51. The van der Waals surface area contributed by atoms with Crippen LogP contribution in [0.2, 0.25) is 0 Å². The lowest BCUT2D eigenvalue weighted by molar-refractivity contribution is -0.161. The number of aliphatic carboxylic acids is 1. The van der Waals surface area contributed by atoms with E-state index in [1.807, 2.05) is 13.8 Å². The maximum absolute atomic E-state index is 12.7. The van der Waals surface area contributed by atoms with Gasteiger partial charge < -0.3 is 9.84 Å². The quantitative estimate of drug-likeness (QED) is 0.735. The monoisotopic (exact) mass is 324 g/mol. The minimum absolute atomic E-state index is 0.00621. The molecule has 0 amide bonds. The first-order valence-electron chi connectivity index (χ1n) is 9.51. The molecule has 0 aromatic rings. The molecule has 0 aromatic carbocycles. The fourth-order valence-corrected chi connectivity index (χ4v) is 4.65. The highest BCUT2D eigenvalue weighted by molar-refractivity contribution is 5.74. The molecule has 2 aliphatic carbocycles. The molecular formula is C19H32O4. The number of rotatable bonds is 6. The smallest absolute Gasteiger partial charge is 0.309 e. The highest BCUT2D eigenvalue weighted by atomic mass is 16.5. The maximum atomic E-state index is 12.7. The Bertz CT molecular complexity index is 402. The van der Waals surface area contributed by atoms with Crippen molar-refractivity contribution in [2.75, 3.05) is 0 Å². The van der Waals surface area contributed by atoms with Gasteiger partial charge in [0.2, 0.25) is 0 Å². The van der Waals surface area contributed by atoms with Gasteiger partial charge in [0.05, 0.1) is 11.8 Å². The standard InChI is InChI=1S/C19H32O4/c1-3-13(4-2)23-19(22)17-12-8-6-10-15(17)14-9-5-7-11-16(14)18(20)21/h13-17H,3-12H2,1-2H3,(H,20,21). The molecule has 2 aliphatic rings. The summed E-state index contributed by atoms with van der Waals surface area (Å²) in [6.45, 7) is 4.09. The van der Waals surface area contributed by atoms with Crippen molar-refractivity contribution in [1.29, 1.82) is 0 Å². The number of hydrogen-bond donors (Lipinski definition) is 1. The van der Waals surface area contributed by atoms with Crippen LogP contribution in [0.25, 0.3) is 0 Å². The van der Waals surface area contributed by atoms with Crippen molar-refractivity contribution in [2.45, 2.75) is 84.2 Å². The normalized spacial score (nSPS) is 31.8. The molecule has 0 heterocycles. The van der Waals surface area contributed by atoms with Gasteiger partial charge in [-0.05, 0) is 50.4 Å².